The Kier molecular flexibility index (Phi) is 5.45. The quantitative estimate of drug-likeness (QED) is 0.752. The van der Waals surface area contributed by atoms with Gasteiger partial charge in [-0.15, -0.1) is 0 Å². The smallest absolute Gasteiger partial charge is 0.325 e. The Morgan fingerprint density at radius 2 is 1.83 bits per heavy atom. The number of amides is 3. The highest BCUT2D eigenvalue weighted by Crippen LogP contribution is 2.38. The van der Waals surface area contributed by atoms with Crippen molar-refractivity contribution in [3.8, 4) is 0 Å². The zero-order chi connectivity index (χ0) is 17.2. The lowest BCUT2D eigenvalue weighted by molar-refractivity contribution is -0.137. The minimum Gasteiger partial charge on any atom is -0.381 e. The third-order valence-electron chi connectivity index (χ3n) is 5.86. The summed E-state index contributed by atoms with van der Waals surface area (Å²) in [5.41, 5.74) is -0.693. The number of urea groups is 1. The molecule has 3 fully saturated rings. The van der Waals surface area contributed by atoms with Gasteiger partial charge in [0, 0.05) is 19.3 Å². The largest absolute Gasteiger partial charge is 0.381 e. The molecule has 3 aliphatic heterocycles. The van der Waals surface area contributed by atoms with Crippen LogP contribution >= 0.6 is 0 Å². The average molecular weight is 337 g/mol. The highest BCUT2D eigenvalue weighted by Gasteiger charge is 2.56. The van der Waals surface area contributed by atoms with Crippen molar-refractivity contribution in [3.63, 3.8) is 0 Å². The zero-order valence-corrected chi connectivity index (χ0v) is 15.0. The van der Waals surface area contributed by atoms with E-state index in [1.165, 1.54) is 4.90 Å². The second kappa shape index (κ2) is 7.40. The summed E-state index contributed by atoms with van der Waals surface area (Å²) in [4.78, 5) is 27.7. The van der Waals surface area contributed by atoms with Crippen LogP contribution in [0.5, 0.6) is 0 Å². The molecule has 0 spiro atoms. The molecule has 136 valence electrons. The Morgan fingerprint density at radius 1 is 1.17 bits per heavy atom. The first-order valence-corrected chi connectivity index (χ1v) is 9.49. The highest BCUT2D eigenvalue weighted by molar-refractivity contribution is 6.07. The van der Waals surface area contributed by atoms with Crippen LogP contribution in [0.4, 0.5) is 4.79 Å². The fraction of sp³-hybridized carbons (Fsp3) is 0.889. The van der Waals surface area contributed by atoms with Crippen molar-refractivity contribution in [1.29, 1.82) is 0 Å². The molecule has 6 heteroatoms. The predicted octanol–water partition coefficient (Wildman–Crippen LogP) is 1.89. The van der Waals surface area contributed by atoms with E-state index in [0.29, 0.717) is 19.1 Å². The highest BCUT2D eigenvalue weighted by atomic mass is 16.5. The zero-order valence-electron chi connectivity index (χ0n) is 15.0. The van der Waals surface area contributed by atoms with Crippen molar-refractivity contribution in [1.82, 2.24) is 15.5 Å². The third kappa shape index (κ3) is 3.31. The Hall–Kier alpha value is -1.14. The number of piperidine rings is 1. The van der Waals surface area contributed by atoms with E-state index in [9.17, 15) is 9.59 Å². The Balaban J connectivity index is 1.83. The molecule has 0 saturated carbocycles. The molecule has 24 heavy (non-hydrogen) atoms. The van der Waals surface area contributed by atoms with Gasteiger partial charge in [0.15, 0.2) is 0 Å². The SMILES string of the molecule is CC(C)CC[C@@]1(C2CCNCC2)NC(=O)N(C2CCOCC2)C1=O. The van der Waals surface area contributed by atoms with Crippen LogP contribution in [-0.4, -0.2) is 54.7 Å². The van der Waals surface area contributed by atoms with Crippen molar-refractivity contribution in [3.05, 3.63) is 0 Å². The topological polar surface area (TPSA) is 70.7 Å². The number of carbonyl (C=O) groups excluding carboxylic acids is 2. The van der Waals surface area contributed by atoms with E-state index in [4.69, 9.17) is 4.74 Å². The standard InChI is InChI=1S/C18H31N3O3/c1-13(2)3-8-18(14-4-9-19-10-5-14)16(22)21(17(23)20-18)15-6-11-24-12-7-15/h13-15,19H,3-12H2,1-2H3,(H,20,23)/t18-/m0/s1. The van der Waals surface area contributed by atoms with E-state index < -0.39 is 5.54 Å². The summed E-state index contributed by atoms with van der Waals surface area (Å²) >= 11 is 0. The van der Waals surface area contributed by atoms with Gasteiger partial charge in [-0.25, -0.2) is 4.79 Å². The van der Waals surface area contributed by atoms with Crippen molar-refractivity contribution >= 4 is 11.9 Å². The maximum atomic E-state index is 13.4. The number of carbonyl (C=O) groups is 2. The van der Waals surface area contributed by atoms with E-state index >= 15 is 0 Å². The van der Waals surface area contributed by atoms with Gasteiger partial charge < -0.3 is 15.4 Å². The summed E-state index contributed by atoms with van der Waals surface area (Å²) < 4.78 is 5.40. The summed E-state index contributed by atoms with van der Waals surface area (Å²) in [5.74, 6) is 0.774. The Labute approximate surface area is 144 Å². The van der Waals surface area contributed by atoms with Gasteiger partial charge in [0.1, 0.15) is 5.54 Å². The molecule has 1 atom stereocenters. The van der Waals surface area contributed by atoms with Crippen molar-refractivity contribution < 1.29 is 14.3 Å². The molecule has 3 rings (SSSR count). The number of ether oxygens (including phenoxy) is 1. The molecular weight excluding hydrogens is 306 g/mol. The number of nitrogens with zero attached hydrogens (tertiary/aromatic N) is 1. The second-order valence-electron chi connectivity index (χ2n) is 7.88. The lowest BCUT2D eigenvalue weighted by Gasteiger charge is -2.39. The van der Waals surface area contributed by atoms with Gasteiger partial charge in [0.2, 0.25) is 0 Å². The molecule has 0 bridgehead atoms. The van der Waals surface area contributed by atoms with Crippen LogP contribution in [0.2, 0.25) is 0 Å². The molecule has 0 unspecified atom stereocenters. The average Bonchev–Trinajstić information content (AvgIpc) is 2.86. The van der Waals surface area contributed by atoms with E-state index in [-0.39, 0.29) is 23.9 Å². The molecule has 2 N–H and O–H groups in total. The molecule has 6 nitrogen and oxygen atoms in total. The summed E-state index contributed by atoms with van der Waals surface area (Å²) in [5, 5.41) is 6.53. The number of hydrogen-bond acceptors (Lipinski definition) is 4. The number of imide groups is 1. The molecule has 0 radical (unpaired) electrons. The third-order valence-corrected chi connectivity index (χ3v) is 5.86. The Morgan fingerprint density at radius 3 is 2.46 bits per heavy atom. The molecule has 0 aliphatic carbocycles. The normalized spacial score (nSPS) is 30.2. The molecule has 0 aromatic heterocycles. The van der Waals surface area contributed by atoms with Gasteiger partial charge in [-0.05, 0) is 63.5 Å². The summed E-state index contributed by atoms with van der Waals surface area (Å²) in [6.07, 6.45) is 5.12. The van der Waals surface area contributed by atoms with Crippen molar-refractivity contribution in [2.45, 2.75) is 64.0 Å². The van der Waals surface area contributed by atoms with Gasteiger partial charge in [0.25, 0.3) is 5.91 Å². The van der Waals surface area contributed by atoms with Gasteiger partial charge in [-0.3, -0.25) is 9.69 Å². The molecular formula is C18H31N3O3. The lowest BCUT2D eigenvalue weighted by atomic mass is 9.74. The summed E-state index contributed by atoms with van der Waals surface area (Å²) in [6.45, 7) is 7.46. The van der Waals surface area contributed by atoms with Crippen LogP contribution in [0.25, 0.3) is 0 Å². The first-order valence-electron chi connectivity index (χ1n) is 9.49. The van der Waals surface area contributed by atoms with Crippen LogP contribution in [0.15, 0.2) is 0 Å². The molecule has 0 aromatic rings. The fourth-order valence-corrected chi connectivity index (χ4v) is 4.37. The van der Waals surface area contributed by atoms with E-state index in [1.54, 1.807) is 0 Å². The van der Waals surface area contributed by atoms with Crippen molar-refractivity contribution in [2.75, 3.05) is 26.3 Å². The first-order chi connectivity index (χ1) is 11.5. The fourth-order valence-electron chi connectivity index (χ4n) is 4.37. The van der Waals surface area contributed by atoms with Crippen LogP contribution in [0.3, 0.4) is 0 Å². The second-order valence-corrected chi connectivity index (χ2v) is 7.88. The van der Waals surface area contributed by atoms with Crippen LogP contribution in [0.1, 0.15) is 52.4 Å². The van der Waals surface area contributed by atoms with E-state index in [0.717, 1.165) is 51.6 Å². The number of nitrogens with one attached hydrogen (secondary N) is 2. The minimum absolute atomic E-state index is 0.00566. The minimum atomic E-state index is -0.693. The van der Waals surface area contributed by atoms with Crippen LogP contribution < -0.4 is 10.6 Å². The van der Waals surface area contributed by atoms with Gasteiger partial charge in [0.05, 0.1) is 0 Å². The van der Waals surface area contributed by atoms with Crippen molar-refractivity contribution in [2.24, 2.45) is 11.8 Å². The van der Waals surface area contributed by atoms with Gasteiger partial charge in [-0.2, -0.15) is 0 Å². The lowest BCUT2D eigenvalue weighted by Crippen LogP contribution is -2.56. The molecule has 0 aromatic carbocycles. The number of hydrogen-bond donors (Lipinski definition) is 2. The van der Waals surface area contributed by atoms with E-state index in [1.807, 2.05) is 0 Å². The van der Waals surface area contributed by atoms with Crippen LogP contribution in [0, 0.1) is 11.8 Å². The van der Waals surface area contributed by atoms with Gasteiger partial charge >= 0.3 is 6.03 Å². The summed E-state index contributed by atoms with van der Waals surface area (Å²) in [7, 11) is 0. The first kappa shape index (κ1) is 17.7. The molecule has 3 aliphatic rings. The van der Waals surface area contributed by atoms with E-state index in [2.05, 4.69) is 24.5 Å². The summed E-state index contributed by atoms with van der Waals surface area (Å²) in [6, 6.07) is -0.192. The van der Waals surface area contributed by atoms with Crippen LogP contribution in [-0.2, 0) is 9.53 Å². The molecule has 3 saturated heterocycles. The monoisotopic (exact) mass is 337 g/mol. The van der Waals surface area contributed by atoms with Gasteiger partial charge in [-0.1, -0.05) is 13.8 Å². The molecule has 3 amide bonds. The molecule has 3 heterocycles. The maximum Gasteiger partial charge on any atom is 0.325 e. The maximum absolute atomic E-state index is 13.4. The predicted molar refractivity (Wildman–Crippen MR) is 91.6 cm³/mol. The number of rotatable bonds is 5. The Bertz CT molecular complexity index is 470.